The van der Waals surface area contributed by atoms with Crippen LogP contribution in [0, 0.1) is 0 Å². The van der Waals surface area contributed by atoms with Gasteiger partial charge in [-0.3, -0.25) is 4.57 Å². The quantitative estimate of drug-likeness (QED) is 0.371. The Labute approximate surface area is 187 Å². The Hall–Kier alpha value is -4.18. The Bertz CT molecular complexity index is 1330. The van der Waals surface area contributed by atoms with E-state index in [2.05, 4.69) is 41.0 Å². The van der Waals surface area contributed by atoms with E-state index in [1.165, 1.54) is 10.8 Å². The van der Waals surface area contributed by atoms with Crippen LogP contribution in [0.15, 0.2) is 97.1 Å². The van der Waals surface area contributed by atoms with Gasteiger partial charge in [0.1, 0.15) is 17.3 Å². The molecule has 0 amide bonds. The predicted molar refractivity (Wildman–Crippen MR) is 132 cm³/mol. The summed E-state index contributed by atoms with van der Waals surface area (Å²) in [5.41, 5.74) is 12.1. The SMILES string of the molecule is COc1ccc(C(=C(N)n2c3ccccc3c3ccccc32)c2ccc(OC)cc2)cc1. The van der Waals surface area contributed by atoms with E-state index in [1.54, 1.807) is 14.2 Å². The Balaban J connectivity index is 1.84. The minimum atomic E-state index is 0.665. The Morgan fingerprint density at radius 1 is 0.594 bits per heavy atom. The first-order valence-corrected chi connectivity index (χ1v) is 10.5. The van der Waals surface area contributed by atoms with Crippen molar-refractivity contribution < 1.29 is 9.47 Å². The summed E-state index contributed by atoms with van der Waals surface area (Å²) in [5.74, 6) is 2.27. The fourth-order valence-corrected chi connectivity index (χ4v) is 4.27. The standard InChI is InChI=1S/C28H24N2O2/c1-31-21-15-11-19(12-16-21)27(20-13-17-22(32-2)18-14-20)28(29)30-25-9-5-3-7-23(25)24-8-4-6-10-26(24)30/h3-18H,29H2,1-2H3. The van der Waals surface area contributed by atoms with Crippen molar-refractivity contribution in [3.63, 3.8) is 0 Å². The van der Waals surface area contributed by atoms with Crippen LogP contribution in [0.3, 0.4) is 0 Å². The van der Waals surface area contributed by atoms with E-state index in [-0.39, 0.29) is 0 Å². The first kappa shape index (κ1) is 19.8. The maximum atomic E-state index is 7.00. The molecule has 1 aromatic heterocycles. The average Bonchev–Trinajstić information content (AvgIpc) is 3.19. The summed E-state index contributed by atoms with van der Waals surface area (Å²) < 4.78 is 12.9. The molecule has 0 saturated carbocycles. The maximum absolute atomic E-state index is 7.00. The predicted octanol–water partition coefficient (Wildman–Crippen LogP) is 6.14. The fourth-order valence-electron chi connectivity index (χ4n) is 4.27. The van der Waals surface area contributed by atoms with E-state index in [9.17, 15) is 0 Å². The lowest BCUT2D eigenvalue weighted by atomic mass is 9.97. The molecule has 4 aromatic carbocycles. The molecule has 32 heavy (non-hydrogen) atoms. The van der Waals surface area contributed by atoms with Gasteiger partial charge >= 0.3 is 0 Å². The summed E-state index contributed by atoms with van der Waals surface area (Å²) in [7, 11) is 3.34. The topological polar surface area (TPSA) is 49.4 Å². The van der Waals surface area contributed by atoms with Gasteiger partial charge in [0, 0.05) is 16.3 Å². The highest BCUT2D eigenvalue weighted by Crippen LogP contribution is 2.35. The van der Waals surface area contributed by atoms with E-state index in [0.29, 0.717) is 5.82 Å². The first-order valence-electron chi connectivity index (χ1n) is 10.5. The van der Waals surface area contributed by atoms with Gasteiger partial charge in [-0.2, -0.15) is 0 Å². The lowest BCUT2D eigenvalue weighted by Crippen LogP contribution is -2.10. The molecular formula is C28H24N2O2. The smallest absolute Gasteiger partial charge is 0.118 e. The molecule has 0 radical (unpaired) electrons. The third kappa shape index (κ3) is 3.26. The third-order valence-corrected chi connectivity index (χ3v) is 5.83. The van der Waals surface area contributed by atoms with Gasteiger partial charge in [0.2, 0.25) is 0 Å². The van der Waals surface area contributed by atoms with Gasteiger partial charge in [0.05, 0.1) is 25.3 Å². The van der Waals surface area contributed by atoms with Crippen molar-refractivity contribution in [1.29, 1.82) is 0 Å². The lowest BCUT2D eigenvalue weighted by molar-refractivity contribution is 0.414. The number of nitrogens with zero attached hydrogens (tertiary/aromatic N) is 1. The number of hydrogen-bond acceptors (Lipinski definition) is 3. The van der Waals surface area contributed by atoms with E-state index >= 15 is 0 Å². The molecule has 0 aliphatic heterocycles. The van der Waals surface area contributed by atoms with Crippen molar-refractivity contribution in [2.24, 2.45) is 5.73 Å². The highest BCUT2D eigenvalue weighted by atomic mass is 16.5. The van der Waals surface area contributed by atoms with Gasteiger partial charge in [0.25, 0.3) is 0 Å². The highest BCUT2D eigenvalue weighted by Gasteiger charge is 2.17. The molecule has 0 unspecified atom stereocenters. The van der Waals surface area contributed by atoms with Crippen LogP contribution in [0.2, 0.25) is 0 Å². The van der Waals surface area contributed by atoms with Crippen LogP contribution in [0.4, 0.5) is 0 Å². The minimum absolute atomic E-state index is 0.665. The number of rotatable bonds is 5. The Morgan fingerprint density at radius 3 is 1.41 bits per heavy atom. The van der Waals surface area contributed by atoms with Gasteiger partial charge in [0.15, 0.2) is 0 Å². The largest absolute Gasteiger partial charge is 0.497 e. The van der Waals surface area contributed by atoms with Crippen LogP contribution in [0.1, 0.15) is 11.1 Å². The van der Waals surface area contributed by atoms with Crippen molar-refractivity contribution in [2.45, 2.75) is 0 Å². The van der Waals surface area contributed by atoms with Crippen LogP contribution in [0.25, 0.3) is 33.2 Å². The molecule has 0 atom stereocenters. The van der Waals surface area contributed by atoms with E-state index in [4.69, 9.17) is 15.2 Å². The molecule has 0 aliphatic rings. The Morgan fingerprint density at radius 2 is 1.00 bits per heavy atom. The second-order valence-electron chi connectivity index (χ2n) is 7.59. The molecule has 0 spiro atoms. The second-order valence-corrected chi connectivity index (χ2v) is 7.59. The molecule has 0 aliphatic carbocycles. The molecule has 0 fully saturated rings. The number of ether oxygens (including phenoxy) is 2. The molecular weight excluding hydrogens is 396 g/mol. The van der Waals surface area contributed by atoms with Crippen LogP contribution < -0.4 is 15.2 Å². The van der Waals surface area contributed by atoms with Gasteiger partial charge in [-0.25, -0.2) is 0 Å². The molecule has 4 nitrogen and oxygen atoms in total. The fraction of sp³-hybridized carbons (Fsp3) is 0.0714. The summed E-state index contributed by atoms with van der Waals surface area (Å²) in [4.78, 5) is 0. The molecule has 0 saturated heterocycles. The molecule has 0 bridgehead atoms. The van der Waals surface area contributed by atoms with Crippen LogP contribution in [-0.4, -0.2) is 18.8 Å². The van der Waals surface area contributed by atoms with Crippen molar-refractivity contribution in [2.75, 3.05) is 14.2 Å². The monoisotopic (exact) mass is 420 g/mol. The second kappa shape index (κ2) is 8.16. The van der Waals surface area contributed by atoms with Crippen molar-refractivity contribution in [3.8, 4) is 11.5 Å². The average molecular weight is 421 g/mol. The number of para-hydroxylation sites is 2. The maximum Gasteiger partial charge on any atom is 0.118 e. The molecule has 1 heterocycles. The third-order valence-electron chi connectivity index (χ3n) is 5.83. The number of benzene rings is 4. The molecule has 4 heteroatoms. The van der Waals surface area contributed by atoms with Crippen LogP contribution in [0.5, 0.6) is 11.5 Å². The van der Waals surface area contributed by atoms with E-state index in [0.717, 1.165) is 39.2 Å². The number of nitrogens with two attached hydrogens (primary N) is 1. The zero-order chi connectivity index (χ0) is 22.1. The first-order chi connectivity index (χ1) is 15.7. The molecule has 2 N–H and O–H groups in total. The van der Waals surface area contributed by atoms with Gasteiger partial charge in [-0.1, -0.05) is 60.7 Å². The van der Waals surface area contributed by atoms with Crippen LogP contribution in [-0.2, 0) is 0 Å². The Kier molecular flexibility index (Phi) is 5.04. The zero-order valence-corrected chi connectivity index (χ0v) is 18.1. The molecule has 5 rings (SSSR count). The summed E-state index contributed by atoms with van der Waals surface area (Å²) in [6.45, 7) is 0. The summed E-state index contributed by atoms with van der Waals surface area (Å²) >= 11 is 0. The highest BCUT2D eigenvalue weighted by molar-refractivity contribution is 6.11. The number of hydrogen-bond donors (Lipinski definition) is 1. The zero-order valence-electron chi connectivity index (χ0n) is 18.1. The van der Waals surface area contributed by atoms with Crippen molar-refractivity contribution >= 4 is 33.2 Å². The van der Waals surface area contributed by atoms with E-state index in [1.807, 2.05) is 60.7 Å². The van der Waals surface area contributed by atoms with E-state index < -0.39 is 0 Å². The molecule has 158 valence electrons. The minimum Gasteiger partial charge on any atom is -0.497 e. The van der Waals surface area contributed by atoms with Gasteiger partial charge in [-0.15, -0.1) is 0 Å². The number of methoxy groups -OCH3 is 2. The van der Waals surface area contributed by atoms with Gasteiger partial charge < -0.3 is 15.2 Å². The summed E-state index contributed by atoms with van der Waals surface area (Å²) in [5, 5.41) is 2.35. The molecule has 5 aromatic rings. The lowest BCUT2D eigenvalue weighted by Gasteiger charge is -2.17. The van der Waals surface area contributed by atoms with Crippen LogP contribution >= 0.6 is 0 Å². The number of fused-ring (bicyclic) bond motifs is 3. The van der Waals surface area contributed by atoms with Crippen molar-refractivity contribution in [3.05, 3.63) is 108 Å². The summed E-state index contributed by atoms with van der Waals surface area (Å²) in [6.07, 6.45) is 0. The number of aromatic nitrogens is 1. The normalized spacial score (nSPS) is 10.9. The van der Waals surface area contributed by atoms with Crippen molar-refractivity contribution in [1.82, 2.24) is 4.57 Å². The van der Waals surface area contributed by atoms with Gasteiger partial charge in [-0.05, 0) is 47.5 Å². The summed E-state index contributed by atoms with van der Waals surface area (Å²) in [6, 6.07) is 32.7.